The number of H-pyrrole nitrogens is 1. The minimum absolute atomic E-state index is 0.0236. The van der Waals surface area contributed by atoms with E-state index in [4.69, 9.17) is 5.73 Å². The molecule has 0 spiro atoms. The number of hydrogen-bond donors (Lipinski definition) is 2. The molecule has 3 N–H and O–H groups in total. The lowest BCUT2D eigenvalue weighted by molar-refractivity contribution is 0.660. The van der Waals surface area contributed by atoms with Gasteiger partial charge in [-0.25, -0.2) is 9.97 Å². The average Bonchev–Trinajstić information content (AvgIpc) is 2.59. The number of nitrogens with two attached hydrogens (primary N) is 1. The predicted molar refractivity (Wildman–Crippen MR) is 55.8 cm³/mol. The normalized spacial score (nSPS) is 13.4. The SMILES string of the molecule is CCC(N)c1nc2nc(C)ccc2[nH]1. The van der Waals surface area contributed by atoms with Crippen molar-refractivity contribution < 1.29 is 0 Å². The van der Waals surface area contributed by atoms with Gasteiger partial charge in [0.2, 0.25) is 0 Å². The van der Waals surface area contributed by atoms with Gasteiger partial charge in [0.1, 0.15) is 5.82 Å². The molecule has 0 aliphatic carbocycles. The highest BCUT2D eigenvalue weighted by molar-refractivity contribution is 5.70. The van der Waals surface area contributed by atoms with Crippen LogP contribution in [0.1, 0.15) is 30.9 Å². The number of imidazole rings is 1. The molecule has 0 aromatic carbocycles. The Balaban J connectivity index is 2.51. The molecule has 2 aromatic heterocycles. The van der Waals surface area contributed by atoms with E-state index in [0.29, 0.717) is 0 Å². The number of fused-ring (bicyclic) bond motifs is 1. The molecule has 1 unspecified atom stereocenters. The first-order valence-corrected chi connectivity index (χ1v) is 4.79. The highest BCUT2D eigenvalue weighted by atomic mass is 15.0. The van der Waals surface area contributed by atoms with Crippen LogP contribution >= 0.6 is 0 Å². The standard InChI is InChI=1S/C10H14N4/c1-3-7(11)9-13-8-5-4-6(2)12-10(8)14-9/h4-5,7H,3,11H2,1-2H3,(H,12,13,14). The largest absolute Gasteiger partial charge is 0.339 e. The Morgan fingerprint density at radius 1 is 1.43 bits per heavy atom. The van der Waals surface area contributed by atoms with E-state index < -0.39 is 0 Å². The summed E-state index contributed by atoms with van der Waals surface area (Å²) in [7, 11) is 0. The summed E-state index contributed by atoms with van der Waals surface area (Å²) in [6, 6.07) is 3.92. The number of nitrogens with zero attached hydrogens (tertiary/aromatic N) is 2. The van der Waals surface area contributed by atoms with Crippen molar-refractivity contribution in [1.82, 2.24) is 15.0 Å². The second-order valence-electron chi connectivity index (χ2n) is 3.46. The van der Waals surface area contributed by atoms with E-state index in [1.807, 2.05) is 26.0 Å². The maximum Gasteiger partial charge on any atom is 0.177 e. The zero-order valence-corrected chi connectivity index (χ0v) is 8.41. The highest BCUT2D eigenvalue weighted by Crippen LogP contribution is 2.15. The fourth-order valence-electron chi connectivity index (χ4n) is 1.37. The third-order valence-corrected chi connectivity index (χ3v) is 2.29. The first-order valence-electron chi connectivity index (χ1n) is 4.79. The zero-order chi connectivity index (χ0) is 10.1. The molecule has 0 amide bonds. The topological polar surface area (TPSA) is 67.6 Å². The van der Waals surface area contributed by atoms with Gasteiger partial charge >= 0.3 is 0 Å². The van der Waals surface area contributed by atoms with Gasteiger partial charge in [0.25, 0.3) is 0 Å². The molecular weight excluding hydrogens is 176 g/mol. The summed E-state index contributed by atoms with van der Waals surface area (Å²) in [6.45, 7) is 3.99. The van der Waals surface area contributed by atoms with Crippen LogP contribution in [0.25, 0.3) is 11.2 Å². The van der Waals surface area contributed by atoms with Gasteiger partial charge in [0.05, 0.1) is 11.6 Å². The van der Waals surface area contributed by atoms with Gasteiger partial charge in [-0.2, -0.15) is 0 Å². The van der Waals surface area contributed by atoms with Crippen LogP contribution in [0.2, 0.25) is 0 Å². The van der Waals surface area contributed by atoms with Gasteiger partial charge in [-0.1, -0.05) is 6.92 Å². The molecule has 0 saturated carbocycles. The fraction of sp³-hybridized carbons (Fsp3) is 0.400. The van der Waals surface area contributed by atoms with E-state index in [1.54, 1.807) is 0 Å². The van der Waals surface area contributed by atoms with Gasteiger partial charge in [-0.3, -0.25) is 0 Å². The lowest BCUT2D eigenvalue weighted by Gasteiger charge is -2.01. The number of nitrogens with one attached hydrogen (secondary N) is 1. The van der Waals surface area contributed by atoms with Crippen molar-refractivity contribution >= 4 is 11.2 Å². The monoisotopic (exact) mass is 190 g/mol. The predicted octanol–water partition coefficient (Wildman–Crippen LogP) is 1.68. The first-order chi connectivity index (χ1) is 6.70. The number of hydrogen-bond acceptors (Lipinski definition) is 3. The van der Waals surface area contributed by atoms with Crippen LogP contribution in [0.15, 0.2) is 12.1 Å². The van der Waals surface area contributed by atoms with Gasteiger partial charge in [0.15, 0.2) is 5.65 Å². The quantitative estimate of drug-likeness (QED) is 0.757. The van der Waals surface area contributed by atoms with Crippen molar-refractivity contribution in [2.45, 2.75) is 26.3 Å². The Hall–Kier alpha value is -1.42. The van der Waals surface area contributed by atoms with E-state index >= 15 is 0 Å². The summed E-state index contributed by atoms with van der Waals surface area (Å²) in [5, 5.41) is 0. The zero-order valence-electron chi connectivity index (χ0n) is 8.41. The lowest BCUT2D eigenvalue weighted by atomic mass is 10.2. The van der Waals surface area contributed by atoms with Crippen molar-refractivity contribution in [3.8, 4) is 0 Å². The van der Waals surface area contributed by atoms with Crippen LogP contribution in [-0.2, 0) is 0 Å². The van der Waals surface area contributed by atoms with Crippen LogP contribution in [-0.4, -0.2) is 15.0 Å². The lowest BCUT2D eigenvalue weighted by Crippen LogP contribution is -2.10. The number of aromatic nitrogens is 3. The summed E-state index contributed by atoms with van der Waals surface area (Å²) >= 11 is 0. The van der Waals surface area contributed by atoms with Crippen molar-refractivity contribution in [3.05, 3.63) is 23.7 Å². The Kier molecular flexibility index (Phi) is 2.21. The second kappa shape index (κ2) is 3.38. The summed E-state index contributed by atoms with van der Waals surface area (Å²) < 4.78 is 0. The molecule has 2 aromatic rings. The minimum Gasteiger partial charge on any atom is -0.339 e. The summed E-state index contributed by atoms with van der Waals surface area (Å²) in [5.74, 6) is 0.820. The van der Waals surface area contributed by atoms with Gasteiger partial charge in [-0.15, -0.1) is 0 Å². The molecule has 0 fully saturated rings. The molecule has 2 rings (SSSR count). The molecule has 14 heavy (non-hydrogen) atoms. The van der Waals surface area contributed by atoms with E-state index in [1.165, 1.54) is 0 Å². The minimum atomic E-state index is -0.0236. The maximum absolute atomic E-state index is 5.87. The molecule has 2 heterocycles. The van der Waals surface area contributed by atoms with Crippen molar-refractivity contribution in [1.29, 1.82) is 0 Å². The van der Waals surface area contributed by atoms with Gasteiger partial charge in [0, 0.05) is 5.69 Å². The average molecular weight is 190 g/mol. The molecule has 4 nitrogen and oxygen atoms in total. The summed E-state index contributed by atoms with van der Waals surface area (Å²) in [6.07, 6.45) is 0.874. The van der Waals surface area contributed by atoms with Crippen LogP contribution < -0.4 is 5.73 Å². The van der Waals surface area contributed by atoms with Crippen LogP contribution in [0, 0.1) is 6.92 Å². The Labute approximate surface area is 82.6 Å². The van der Waals surface area contributed by atoms with Crippen LogP contribution in [0.4, 0.5) is 0 Å². The van der Waals surface area contributed by atoms with Crippen LogP contribution in [0.3, 0.4) is 0 Å². The molecule has 0 bridgehead atoms. The third kappa shape index (κ3) is 1.48. The summed E-state index contributed by atoms with van der Waals surface area (Å²) in [4.78, 5) is 11.8. The third-order valence-electron chi connectivity index (χ3n) is 2.29. The van der Waals surface area contributed by atoms with Crippen molar-refractivity contribution in [3.63, 3.8) is 0 Å². The molecule has 4 heteroatoms. The maximum atomic E-state index is 5.87. The smallest absolute Gasteiger partial charge is 0.177 e. The van der Waals surface area contributed by atoms with E-state index in [9.17, 15) is 0 Å². The molecule has 1 atom stereocenters. The van der Waals surface area contributed by atoms with E-state index in [2.05, 4.69) is 15.0 Å². The molecular formula is C10H14N4. The molecule has 0 aliphatic heterocycles. The number of rotatable bonds is 2. The molecule has 0 radical (unpaired) electrons. The number of aromatic amines is 1. The van der Waals surface area contributed by atoms with Gasteiger partial charge < -0.3 is 10.7 Å². The van der Waals surface area contributed by atoms with Crippen molar-refractivity contribution in [2.75, 3.05) is 0 Å². The number of pyridine rings is 1. The van der Waals surface area contributed by atoms with Gasteiger partial charge in [-0.05, 0) is 25.5 Å². The van der Waals surface area contributed by atoms with E-state index in [-0.39, 0.29) is 6.04 Å². The molecule has 0 saturated heterocycles. The number of aryl methyl sites for hydroxylation is 1. The Morgan fingerprint density at radius 3 is 2.93 bits per heavy atom. The first kappa shape index (κ1) is 9.15. The van der Waals surface area contributed by atoms with Crippen molar-refractivity contribution in [2.24, 2.45) is 5.73 Å². The molecule has 0 aliphatic rings. The van der Waals surface area contributed by atoms with Crippen LogP contribution in [0.5, 0.6) is 0 Å². The Bertz CT molecular complexity index is 446. The second-order valence-corrected chi connectivity index (χ2v) is 3.46. The summed E-state index contributed by atoms with van der Waals surface area (Å²) in [5.41, 5.74) is 8.55. The highest BCUT2D eigenvalue weighted by Gasteiger charge is 2.09. The Morgan fingerprint density at radius 2 is 2.21 bits per heavy atom. The van der Waals surface area contributed by atoms with E-state index in [0.717, 1.165) is 29.1 Å². The fourth-order valence-corrected chi connectivity index (χ4v) is 1.37. The molecule has 74 valence electrons.